The van der Waals surface area contributed by atoms with Gasteiger partial charge in [-0.15, -0.1) is 0 Å². The fraction of sp³-hybridized carbons (Fsp3) is 0.242. The van der Waals surface area contributed by atoms with Crippen LogP contribution in [-0.4, -0.2) is 74.2 Å². The van der Waals surface area contributed by atoms with Crippen molar-refractivity contribution in [2.45, 2.75) is 50.9 Å². The molecular formula is C33H35N7O8. The molecule has 48 heavy (non-hydrogen) atoms. The molecule has 3 aromatic carbocycles. The van der Waals surface area contributed by atoms with Gasteiger partial charge < -0.3 is 32.0 Å². The van der Waals surface area contributed by atoms with E-state index in [0.29, 0.717) is 21.7 Å². The minimum atomic E-state index is -2.03. The first-order valence-electron chi connectivity index (χ1n) is 14.7. The van der Waals surface area contributed by atoms with Crippen LogP contribution < -0.4 is 22.1 Å². The molecule has 0 radical (unpaired) electrons. The number of nitrogens with two attached hydrogens (primary N) is 3. The summed E-state index contributed by atoms with van der Waals surface area (Å²) in [7, 11) is 0. The summed E-state index contributed by atoms with van der Waals surface area (Å²) in [4.78, 5) is 90.8. The molecule has 0 bridgehead atoms. The smallest absolute Gasteiger partial charge is 0.363 e. The quantitative estimate of drug-likeness (QED) is 0.0892. The Kier molecular flexibility index (Phi) is 10.5. The predicted molar refractivity (Wildman–Crippen MR) is 173 cm³/mol. The lowest BCUT2D eigenvalue weighted by atomic mass is 9.91. The minimum Gasteiger partial charge on any atom is -0.481 e. The molecule has 0 aromatic heterocycles. The topological polar surface area (TPSA) is 232 Å². The Bertz CT molecular complexity index is 1730. The van der Waals surface area contributed by atoms with Crippen molar-refractivity contribution in [2.75, 3.05) is 4.90 Å². The number of hydrogen-bond donors (Lipinski definition) is 4. The lowest BCUT2D eigenvalue weighted by Gasteiger charge is -2.31. The second-order valence-corrected chi connectivity index (χ2v) is 11.3. The van der Waals surface area contributed by atoms with E-state index in [1.165, 1.54) is 36.1 Å². The molecule has 250 valence electrons. The maximum Gasteiger partial charge on any atom is 0.363 e. The number of hydrogen-bond acceptors (Lipinski definition) is 9. The van der Waals surface area contributed by atoms with Crippen LogP contribution in [0.3, 0.4) is 0 Å². The number of rotatable bonds is 13. The summed E-state index contributed by atoms with van der Waals surface area (Å²) in [6.07, 6.45) is -0.819. The van der Waals surface area contributed by atoms with Crippen molar-refractivity contribution in [1.82, 2.24) is 9.96 Å². The van der Waals surface area contributed by atoms with E-state index in [1.807, 2.05) is 0 Å². The molecule has 1 saturated heterocycles. The number of nitrogens with zero attached hydrogens (tertiary/aromatic N) is 4. The number of carboxylic acid groups (broad SMARTS) is 1. The van der Waals surface area contributed by atoms with Gasteiger partial charge >= 0.3 is 18.0 Å². The molecule has 7 N–H and O–H groups in total. The molecule has 0 aliphatic carbocycles. The molecule has 1 aliphatic heterocycles. The molecule has 1 fully saturated rings. The number of guanidine groups is 1. The van der Waals surface area contributed by atoms with Crippen LogP contribution in [-0.2, 0) is 41.8 Å². The fourth-order valence-corrected chi connectivity index (χ4v) is 5.28. The molecule has 4 amide bonds. The zero-order chi connectivity index (χ0) is 35.2. The van der Waals surface area contributed by atoms with Gasteiger partial charge in [0.05, 0.1) is 18.2 Å². The highest BCUT2D eigenvalue weighted by Crippen LogP contribution is 2.34. The van der Waals surface area contributed by atoms with Gasteiger partial charge in [-0.1, -0.05) is 65.7 Å². The standard InChI is InChI=1S/C33H35N7O8/c1-20(41)27(39(24-11-7-4-8-12-24)28(44)25(34)17-26(42)43)29(45)48-40-30(46)33(2,18-21-13-15-23(16-14-21)37-31(35)36)38(32(40)47)19-22-9-5-3-6-10-22/h3-16,25,27H,17-19,34H2,1-2H3,(H,42,43)(H4,35,36,37)/t25-,27-,33+/m0/s1. The lowest BCUT2D eigenvalue weighted by molar-refractivity contribution is -0.185. The monoisotopic (exact) mass is 657 g/mol. The second kappa shape index (κ2) is 14.6. The number of para-hydroxylation sites is 1. The Labute approximate surface area is 275 Å². The van der Waals surface area contributed by atoms with Gasteiger partial charge in [-0.25, -0.2) is 14.6 Å². The van der Waals surface area contributed by atoms with Crippen LogP contribution in [0, 0.1) is 0 Å². The van der Waals surface area contributed by atoms with Crippen molar-refractivity contribution in [2.24, 2.45) is 22.2 Å². The zero-order valence-electron chi connectivity index (χ0n) is 26.2. The van der Waals surface area contributed by atoms with Gasteiger partial charge in [0.1, 0.15) is 5.54 Å². The van der Waals surface area contributed by atoms with E-state index in [2.05, 4.69) is 4.99 Å². The van der Waals surface area contributed by atoms with E-state index in [-0.39, 0.29) is 29.7 Å². The summed E-state index contributed by atoms with van der Waals surface area (Å²) in [6.45, 7) is 2.47. The highest BCUT2D eigenvalue weighted by atomic mass is 16.7. The number of Topliss-reactive ketones (excluding diaryl/α,β-unsaturated/α-hetero) is 1. The van der Waals surface area contributed by atoms with Crippen LogP contribution in [0.4, 0.5) is 16.2 Å². The summed E-state index contributed by atoms with van der Waals surface area (Å²) in [5.74, 6) is -5.84. The predicted octanol–water partition coefficient (Wildman–Crippen LogP) is 1.61. The number of aliphatic carboxylic acids is 1. The molecule has 0 saturated carbocycles. The molecule has 1 heterocycles. The SMILES string of the molecule is CC(=O)[C@@H](C(=O)ON1C(=O)N(Cc2ccccc2)[C@](C)(Cc2ccc(N=C(N)N)cc2)C1=O)N(C(=O)[C@@H](N)CC(=O)O)c1ccccc1. The van der Waals surface area contributed by atoms with E-state index >= 15 is 0 Å². The van der Waals surface area contributed by atoms with Crippen LogP contribution in [0.2, 0.25) is 0 Å². The molecule has 0 spiro atoms. The number of carbonyl (C=O) groups excluding carboxylic acids is 5. The van der Waals surface area contributed by atoms with Crippen LogP contribution in [0.25, 0.3) is 0 Å². The van der Waals surface area contributed by atoms with E-state index < -0.39 is 59.6 Å². The van der Waals surface area contributed by atoms with Crippen LogP contribution in [0.15, 0.2) is 89.9 Å². The van der Waals surface area contributed by atoms with Gasteiger partial charge in [-0.05, 0) is 49.2 Å². The Morgan fingerprint density at radius 3 is 2.04 bits per heavy atom. The summed E-state index contributed by atoms with van der Waals surface area (Å²) in [6, 6.07) is 18.2. The molecule has 3 atom stereocenters. The number of imide groups is 1. The van der Waals surface area contributed by atoms with E-state index in [0.717, 1.165) is 6.92 Å². The number of benzene rings is 3. The van der Waals surface area contributed by atoms with Crippen molar-refractivity contribution in [1.29, 1.82) is 0 Å². The largest absolute Gasteiger partial charge is 0.481 e. The maximum atomic E-state index is 14.1. The van der Waals surface area contributed by atoms with Crippen molar-refractivity contribution >= 4 is 52.9 Å². The van der Waals surface area contributed by atoms with Crippen LogP contribution in [0.5, 0.6) is 0 Å². The summed E-state index contributed by atoms with van der Waals surface area (Å²) < 4.78 is 0. The summed E-state index contributed by atoms with van der Waals surface area (Å²) in [5.41, 5.74) is 17.0. The van der Waals surface area contributed by atoms with Gasteiger partial charge in [-0.3, -0.25) is 24.1 Å². The highest BCUT2D eigenvalue weighted by Gasteiger charge is 2.57. The third-order valence-electron chi connectivity index (χ3n) is 7.60. The number of carboxylic acids is 1. The Morgan fingerprint density at radius 2 is 1.50 bits per heavy atom. The summed E-state index contributed by atoms with van der Waals surface area (Å²) >= 11 is 0. The number of amides is 4. The first-order chi connectivity index (χ1) is 22.7. The molecule has 1 aliphatic rings. The van der Waals surface area contributed by atoms with Crippen molar-refractivity contribution in [3.8, 4) is 0 Å². The average Bonchev–Trinajstić information content (AvgIpc) is 3.20. The number of ketones is 1. The van der Waals surface area contributed by atoms with Crippen molar-refractivity contribution in [3.05, 3.63) is 96.1 Å². The van der Waals surface area contributed by atoms with E-state index in [4.69, 9.17) is 22.0 Å². The second-order valence-electron chi connectivity index (χ2n) is 11.3. The van der Waals surface area contributed by atoms with Gasteiger partial charge in [0.25, 0.3) is 5.91 Å². The van der Waals surface area contributed by atoms with Gasteiger partial charge in [0.2, 0.25) is 5.91 Å². The number of hydroxylamine groups is 2. The lowest BCUT2D eigenvalue weighted by Crippen LogP contribution is -2.56. The summed E-state index contributed by atoms with van der Waals surface area (Å²) in [5, 5.41) is 9.49. The molecule has 4 rings (SSSR count). The third kappa shape index (κ3) is 7.64. The van der Waals surface area contributed by atoms with E-state index in [1.54, 1.807) is 60.7 Å². The van der Waals surface area contributed by atoms with Crippen molar-refractivity contribution in [3.63, 3.8) is 0 Å². The fourth-order valence-electron chi connectivity index (χ4n) is 5.28. The number of carbonyl (C=O) groups is 6. The van der Waals surface area contributed by atoms with E-state index in [9.17, 15) is 33.9 Å². The number of urea groups is 1. The molecule has 0 unspecified atom stereocenters. The van der Waals surface area contributed by atoms with Gasteiger partial charge in [-0.2, -0.15) is 0 Å². The highest BCUT2D eigenvalue weighted by molar-refractivity contribution is 6.15. The number of anilines is 1. The Morgan fingerprint density at radius 1 is 0.917 bits per heavy atom. The molecule has 3 aromatic rings. The number of aliphatic imine (C=N–C) groups is 1. The van der Waals surface area contributed by atoms with Crippen LogP contribution >= 0.6 is 0 Å². The van der Waals surface area contributed by atoms with Gasteiger partial charge in [0, 0.05) is 18.7 Å². The average molecular weight is 658 g/mol. The normalized spacial score (nSPS) is 17.0. The Balaban J connectivity index is 1.70. The minimum absolute atomic E-state index is 0.0185. The first-order valence-corrected chi connectivity index (χ1v) is 14.7. The van der Waals surface area contributed by atoms with Crippen molar-refractivity contribution < 1.29 is 38.7 Å². The zero-order valence-corrected chi connectivity index (χ0v) is 26.2. The molecule has 15 heteroatoms. The Hall–Kier alpha value is -6.09. The van der Waals surface area contributed by atoms with Gasteiger partial charge in [0.15, 0.2) is 17.8 Å². The third-order valence-corrected chi connectivity index (χ3v) is 7.60. The molecular weight excluding hydrogens is 622 g/mol. The first kappa shape index (κ1) is 34.8. The molecule has 15 nitrogen and oxygen atoms in total. The van der Waals surface area contributed by atoms with Crippen LogP contribution in [0.1, 0.15) is 31.4 Å². The maximum absolute atomic E-state index is 14.1.